The van der Waals surface area contributed by atoms with Gasteiger partial charge in [0.2, 0.25) is 5.91 Å². The third kappa shape index (κ3) is 4.60. The Hall–Kier alpha value is -2.97. The van der Waals surface area contributed by atoms with Crippen molar-refractivity contribution in [1.29, 1.82) is 0 Å². The monoisotopic (exact) mass is 408 g/mol. The summed E-state index contributed by atoms with van der Waals surface area (Å²) in [6.07, 6.45) is 1.00. The fourth-order valence-corrected chi connectivity index (χ4v) is 3.77. The molecule has 1 saturated heterocycles. The van der Waals surface area contributed by atoms with Gasteiger partial charge in [-0.15, -0.1) is 0 Å². The van der Waals surface area contributed by atoms with E-state index in [2.05, 4.69) is 30.8 Å². The topological polar surface area (TPSA) is 88.6 Å². The van der Waals surface area contributed by atoms with Crippen LogP contribution in [-0.4, -0.2) is 76.0 Å². The van der Waals surface area contributed by atoms with Crippen molar-refractivity contribution in [3.8, 4) is 0 Å². The molecule has 1 fully saturated rings. The number of carbonyl (C=O) groups is 1. The molecule has 1 aromatic carbocycles. The molecule has 3 aromatic rings. The fourth-order valence-electron chi connectivity index (χ4n) is 3.77. The summed E-state index contributed by atoms with van der Waals surface area (Å²) in [7, 11) is 4.07. The average Bonchev–Trinajstić information content (AvgIpc) is 3.18. The van der Waals surface area contributed by atoms with Crippen molar-refractivity contribution in [2.24, 2.45) is 0 Å². The van der Waals surface area contributed by atoms with Crippen LogP contribution < -0.4 is 4.90 Å². The molecule has 158 valence electrons. The van der Waals surface area contributed by atoms with Gasteiger partial charge in [-0.05, 0) is 37.9 Å². The number of aliphatic hydroxyl groups is 1. The largest absolute Gasteiger partial charge is 0.385 e. The van der Waals surface area contributed by atoms with Crippen LogP contribution in [0.5, 0.6) is 0 Å². The van der Waals surface area contributed by atoms with Crippen LogP contribution in [0.15, 0.2) is 42.6 Å². The second-order valence-electron chi connectivity index (χ2n) is 7.99. The highest BCUT2D eigenvalue weighted by Crippen LogP contribution is 2.20. The highest BCUT2D eigenvalue weighted by Gasteiger charge is 2.25. The number of anilines is 1. The van der Waals surface area contributed by atoms with Gasteiger partial charge in [-0.1, -0.05) is 18.2 Å². The number of H-pyrrole nitrogens is 1. The maximum atomic E-state index is 12.7. The predicted octanol–water partition coefficient (Wildman–Crippen LogP) is 1.79. The molecule has 1 aliphatic heterocycles. The number of hydrogen-bond acceptors (Lipinski definition) is 6. The van der Waals surface area contributed by atoms with Gasteiger partial charge in [-0.25, -0.2) is 9.97 Å². The Balaban J connectivity index is 1.30. The van der Waals surface area contributed by atoms with E-state index in [1.165, 1.54) is 5.56 Å². The lowest BCUT2D eigenvalue weighted by Crippen LogP contribution is -2.49. The van der Waals surface area contributed by atoms with Gasteiger partial charge in [-0.3, -0.25) is 4.79 Å². The molecule has 0 saturated carbocycles. The zero-order valence-corrected chi connectivity index (χ0v) is 17.5. The third-order valence-electron chi connectivity index (χ3n) is 5.36. The van der Waals surface area contributed by atoms with Gasteiger partial charge in [0, 0.05) is 38.9 Å². The summed E-state index contributed by atoms with van der Waals surface area (Å²) < 4.78 is 0. The minimum absolute atomic E-state index is 0.0251. The van der Waals surface area contributed by atoms with E-state index in [1.807, 2.05) is 55.5 Å². The molecule has 1 aliphatic rings. The number of fused-ring (bicyclic) bond motifs is 1. The zero-order valence-electron chi connectivity index (χ0n) is 17.5. The molecule has 1 atom stereocenters. The summed E-state index contributed by atoms with van der Waals surface area (Å²) in [6, 6.07) is 11.7. The second-order valence-corrected chi connectivity index (χ2v) is 7.99. The molecular formula is C22H28N6O2. The molecule has 1 amide bonds. The van der Waals surface area contributed by atoms with E-state index in [9.17, 15) is 9.90 Å². The van der Waals surface area contributed by atoms with Crippen LogP contribution in [0, 0.1) is 0 Å². The van der Waals surface area contributed by atoms with Crippen molar-refractivity contribution >= 4 is 22.8 Å². The van der Waals surface area contributed by atoms with Crippen LogP contribution in [0.2, 0.25) is 0 Å². The number of nitrogens with zero attached hydrogens (tertiary/aromatic N) is 5. The minimum Gasteiger partial charge on any atom is -0.385 e. The number of aromatic amines is 1. The molecule has 0 radical (unpaired) electrons. The number of benzene rings is 1. The third-order valence-corrected chi connectivity index (χ3v) is 5.36. The van der Waals surface area contributed by atoms with E-state index < -0.39 is 6.10 Å². The molecule has 8 nitrogen and oxygen atoms in total. The Morgan fingerprint density at radius 2 is 1.93 bits per heavy atom. The Bertz CT molecular complexity index is 959. The second kappa shape index (κ2) is 8.81. The van der Waals surface area contributed by atoms with Crippen molar-refractivity contribution in [1.82, 2.24) is 24.8 Å². The first-order valence-electron chi connectivity index (χ1n) is 10.2. The van der Waals surface area contributed by atoms with E-state index in [1.54, 1.807) is 0 Å². The van der Waals surface area contributed by atoms with Gasteiger partial charge < -0.3 is 24.8 Å². The Labute approximate surface area is 176 Å². The van der Waals surface area contributed by atoms with Gasteiger partial charge in [-0.2, -0.15) is 0 Å². The van der Waals surface area contributed by atoms with Gasteiger partial charge in [0.05, 0.1) is 17.5 Å². The SMILES string of the molecule is CN(C)Cc1ccc(N2CCN(C(=O)CC(O)c3nc4ccccc4[nH]3)CC2)nc1. The number of carbonyl (C=O) groups excluding carboxylic acids is 1. The first-order valence-corrected chi connectivity index (χ1v) is 10.2. The predicted molar refractivity (Wildman–Crippen MR) is 116 cm³/mol. The maximum Gasteiger partial charge on any atom is 0.225 e. The van der Waals surface area contributed by atoms with Crippen molar-refractivity contribution in [2.75, 3.05) is 45.2 Å². The van der Waals surface area contributed by atoms with E-state index >= 15 is 0 Å². The van der Waals surface area contributed by atoms with Crippen molar-refractivity contribution in [3.63, 3.8) is 0 Å². The minimum atomic E-state index is -0.936. The zero-order chi connectivity index (χ0) is 21.1. The fraction of sp³-hybridized carbons (Fsp3) is 0.409. The molecule has 2 aromatic heterocycles. The van der Waals surface area contributed by atoms with Gasteiger partial charge in [0.15, 0.2) is 0 Å². The first-order chi connectivity index (χ1) is 14.5. The van der Waals surface area contributed by atoms with E-state index in [0.29, 0.717) is 18.9 Å². The average molecular weight is 409 g/mol. The lowest BCUT2D eigenvalue weighted by molar-refractivity contribution is -0.133. The summed E-state index contributed by atoms with van der Waals surface area (Å²) in [4.78, 5) is 30.9. The molecule has 0 spiro atoms. The molecule has 3 heterocycles. The van der Waals surface area contributed by atoms with Crippen LogP contribution >= 0.6 is 0 Å². The number of piperazine rings is 1. The van der Waals surface area contributed by atoms with Crippen LogP contribution in [0.25, 0.3) is 11.0 Å². The number of hydrogen-bond donors (Lipinski definition) is 2. The quantitative estimate of drug-likeness (QED) is 0.647. The highest BCUT2D eigenvalue weighted by molar-refractivity contribution is 5.78. The molecule has 8 heteroatoms. The number of para-hydroxylation sites is 2. The van der Waals surface area contributed by atoms with Crippen LogP contribution in [0.1, 0.15) is 23.9 Å². The van der Waals surface area contributed by atoms with Crippen LogP contribution in [-0.2, 0) is 11.3 Å². The number of nitrogens with one attached hydrogen (secondary N) is 1. The number of amides is 1. The summed E-state index contributed by atoms with van der Waals surface area (Å²) in [5.41, 5.74) is 2.82. The molecule has 4 rings (SSSR count). The lowest BCUT2D eigenvalue weighted by Gasteiger charge is -2.35. The molecule has 1 unspecified atom stereocenters. The normalized spacial score (nSPS) is 15.7. The molecular weight excluding hydrogens is 380 g/mol. The highest BCUT2D eigenvalue weighted by atomic mass is 16.3. The van der Waals surface area contributed by atoms with Gasteiger partial charge in [0.25, 0.3) is 0 Å². The van der Waals surface area contributed by atoms with Crippen molar-refractivity contribution in [3.05, 3.63) is 54.0 Å². The van der Waals surface area contributed by atoms with E-state index in [4.69, 9.17) is 0 Å². The smallest absolute Gasteiger partial charge is 0.225 e. The number of rotatable bonds is 6. The summed E-state index contributed by atoms with van der Waals surface area (Å²) >= 11 is 0. The molecule has 0 aliphatic carbocycles. The molecule has 30 heavy (non-hydrogen) atoms. The van der Waals surface area contributed by atoms with E-state index in [-0.39, 0.29) is 12.3 Å². The van der Waals surface area contributed by atoms with Crippen LogP contribution in [0.3, 0.4) is 0 Å². The number of imidazole rings is 1. The van der Waals surface area contributed by atoms with Gasteiger partial charge in [0.1, 0.15) is 17.7 Å². The molecule has 2 N–H and O–H groups in total. The molecule has 0 bridgehead atoms. The van der Waals surface area contributed by atoms with Crippen LogP contribution in [0.4, 0.5) is 5.82 Å². The Morgan fingerprint density at radius 1 is 1.17 bits per heavy atom. The summed E-state index contributed by atoms with van der Waals surface area (Å²) in [5.74, 6) is 1.31. The Morgan fingerprint density at radius 3 is 2.60 bits per heavy atom. The summed E-state index contributed by atoms with van der Waals surface area (Å²) in [5, 5.41) is 10.5. The standard InChI is InChI=1S/C22H28N6O2/c1-26(2)15-16-7-8-20(23-14-16)27-9-11-28(12-10-27)21(30)13-19(29)22-24-17-5-3-4-6-18(17)25-22/h3-8,14,19,29H,9-13,15H2,1-2H3,(H,24,25). The van der Waals surface area contributed by atoms with E-state index in [0.717, 1.165) is 36.5 Å². The van der Waals surface area contributed by atoms with Crippen molar-refractivity contribution in [2.45, 2.75) is 19.1 Å². The summed E-state index contributed by atoms with van der Waals surface area (Å²) in [6.45, 7) is 3.56. The van der Waals surface area contributed by atoms with Crippen molar-refractivity contribution < 1.29 is 9.90 Å². The first kappa shape index (κ1) is 20.3. The maximum absolute atomic E-state index is 12.7. The number of pyridine rings is 1. The lowest BCUT2D eigenvalue weighted by atomic mass is 10.2. The number of aliphatic hydroxyl groups excluding tert-OH is 1. The number of aromatic nitrogens is 3. The van der Waals surface area contributed by atoms with Gasteiger partial charge >= 0.3 is 0 Å². The Kier molecular flexibility index (Phi) is 5.96.